The highest BCUT2D eigenvalue weighted by molar-refractivity contribution is 6.31. The first kappa shape index (κ1) is 42.9. The number of rotatable bonds is 0. The van der Waals surface area contributed by atoms with Crippen LogP contribution in [0.25, 0.3) is 0 Å². The molecule has 0 bridgehead atoms. The smallest absolute Gasteiger partial charge is 0.412 e. The second-order valence-corrected chi connectivity index (χ2v) is 1.84. The summed E-state index contributed by atoms with van der Waals surface area (Å²) in [5.41, 5.74) is 8.94. The molecule has 0 rings (SSSR count). The average Bonchev–Trinajstić information content (AvgIpc) is 1.94. The topological polar surface area (TPSA) is 382 Å². The lowest BCUT2D eigenvalue weighted by Crippen LogP contribution is -2.20. The molecule has 0 aromatic heterocycles. The maximum Gasteiger partial charge on any atom is 0.631 e. The van der Waals surface area contributed by atoms with E-state index in [1.54, 1.807) is 0 Å². The van der Waals surface area contributed by atoms with Crippen LogP contribution in [0.2, 0.25) is 0 Å². The number of hydrogen-bond donors (Lipinski definition) is 15. The summed E-state index contributed by atoms with van der Waals surface area (Å²) in [6.07, 6.45) is 0. The fourth-order valence-electron chi connectivity index (χ4n) is 0. The predicted octanol–water partition coefficient (Wildman–Crippen LogP) is -11.0. The van der Waals surface area contributed by atoms with Gasteiger partial charge in [-0.05, 0) is 0 Å². The maximum absolute atomic E-state index is 7.17. The molecule has 0 radical (unpaired) electrons. The Morgan fingerprint density at radius 1 is 0.500 bits per heavy atom. The molecule has 22 heavy (non-hydrogen) atoms. The monoisotopic (exact) mass is 343 g/mol. The van der Waals surface area contributed by atoms with Crippen LogP contribution >= 0.6 is 0 Å². The van der Waals surface area contributed by atoms with E-state index in [2.05, 4.69) is 11.5 Å². The molecule has 0 spiro atoms. The minimum atomic E-state index is -2.17. The lowest BCUT2D eigenvalue weighted by Gasteiger charge is -1.69. The van der Waals surface area contributed by atoms with E-state index in [1.165, 1.54) is 0 Å². The van der Waals surface area contributed by atoms with E-state index < -0.39 is 29.3 Å². The zero-order chi connectivity index (χ0) is 17.9. The summed E-state index contributed by atoms with van der Waals surface area (Å²) >= 11 is 0. The third-order valence-electron chi connectivity index (χ3n) is 0. The molecule has 0 saturated carbocycles. The van der Waals surface area contributed by atoms with Crippen molar-refractivity contribution in [2.24, 2.45) is 11.5 Å². The summed E-state index contributed by atoms with van der Waals surface area (Å²) in [6, 6.07) is 0. The summed E-state index contributed by atoms with van der Waals surface area (Å²) in [5, 5.41) is 92.1. The Labute approximate surface area is 124 Å². The zero-order valence-corrected chi connectivity index (χ0v) is 10.8. The fourth-order valence-corrected chi connectivity index (χ4v) is 0. The van der Waals surface area contributed by atoms with Crippen LogP contribution in [-0.2, 0) is 0 Å². The Hall–Kier alpha value is -1.03. The van der Waals surface area contributed by atoms with Gasteiger partial charge in [0.2, 0.25) is 0 Å². The molecule has 0 heterocycles. The lowest BCUT2D eigenvalue weighted by atomic mass is 10.3. The van der Waals surface area contributed by atoms with Crippen molar-refractivity contribution in [1.29, 1.82) is 5.41 Å². The van der Waals surface area contributed by atoms with Crippen LogP contribution in [0.5, 0.6) is 0 Å². The third-order valence-corrected chi connectivity index (χ3v) is 0. The van der Waals surface area contributed by atoms with Crippen molar-refractivity contribution in [3.05, 3.63) is 0 Å². The largest absolute Gasteiger partial charge is 0.631 e. The predicted molar refractivity (Wildman–Crippen MR) is 73.0 cm³/mol. The van der Waals surface area contributed by atoms with Gasteiger partial charge in [0, 0.05) is 0 Å². The average molecular weight is 342 g/mol. The highest BCUT2D eigenvalue weighted by atomic mass is 16.5. The van der Waals surface area contributed by atoms with Crippen LogP contribution in [0, 0.1) is 5.41 Å². The summed E-state index contributed by atoms with van der Waals surface area (Å²) in [4.78, 5) is 0. The van der Waals surface area contributed by atoms with Crippen LogP contribution in [-0.4, -0.2) is 106 Å². The lowest BCUT2D eigenvalue weighted by molar-refractivity contribution is 0.276. The van der Waals surface area contributed by atoms with Crippen molar-refractivity contribution in [2.45, 2.75) is 0 Å². The Bertz CT molecular complexity index is 131. The molecule has 0 unspecified atom stereocenters. The number of nitrogens with two attached hydrogens (primary N) is 2. The maximum atomic E-state index is 7.17. The molecule has 0 amide bonds. The van der Waals surface area contributed by atoms with E-state index in [0.717, 1.165) is 0 Å². The number of guanidine groups is 1. The summed E-state index contributed by atoms with van der Waals surface area (Å²) in [5.74, 6) is -0.333. The molecular formula is CH21B4N3O14. The van der Waals surface area contributed by atoms with E-state index in [-0.39, 0.29) is 16.9 Å². The second-order valence-electron chi connectivity index (χ2n) is 1.84. The van der Waals surface area contributed by atoms with Crippen LogP contribution in [0.4, 0.5) is 0 Å². The van der Waals surface area contributed by atoms with Gasteiger partial charge in [-0.3, -0.25) is 5.41 Å². The highest BCUT2D eigenvalue weighted by Gasteiger charge is 1.93. The van der Waals surface area contributed by atoms with Gasteiger partial charge in [-0.15, -0.1) is 0 Å². The van der Waals surface area contributed by atoms with Crippen LogP contribution in [0.15, 0.2) is 0 Å². The van der Waals surface area contributed by atoms with Gasteiger partial charge in [0.05, 0.1) is 0 Å². The van der Waals surface area contributed by atoms with Crippen molar-refractivity contribution >= 4 is 35.2 Å². The normalized spacial score (nSPS) is 6.00. The van der Waals surface area contributed by atoms with Crippen molar-refractivity contribution < 1.29 is 71.2 Å². The zero-order valence-electron chi connectivity index (χ0n) is 10.8. The van der Waals surface area contributed by atoms with E-state index >= 15 is 0 Å². The van der Waals surface area contributed by atoms with Crippen molar-refractivity contribution in [3.8, 4) is 0 Å². The first-order valence-corrected chi connectivity index (χ1v) is 3.93. The molecule has 0 fully saturated rings. The molecule has 0 aliphatic heterocycles. The standard InChI is InChI=1S/CH5N3.4BH3O3.2H2O/c5*2-1(3)4;;/h(H5,2,3,4);4*2-4H;2*1H2. The van der Waals surface area contributed by atoms with Gasteiger partial charge in [-0.2, -0.15) is 0 Å². The molecule has 0 aromatic carbocycles. The van der Waals surface area contributed by atoms with Gasteiger partial charge >= 0.3 is 29.3 Å². The molecule has 0 aromatic rings. The minimum Gasteiger partial charge on any atom is -0.412 e. The highest BCUT2D eigenvalue weighted by Crippen LogP contribution is 1.41. The Morgan fingerprint density at radius 2 is 0.500 bits per heavy atom. The van der Waals surface area contributed by atoms with Crippen LogP contribution in [0.1, 0.15) is 0 Å². The quantitative estimate of drug-likeness (QED) is 0.110. The van der Waals surface area contributed by atoms with Crippen molar-refractivity contribution in [2.75, 3.05) is 0 Å². The Kier molecular flexibility index (Phi) is 71.7. The third kappa shape index (κ3) is 5770. The first-order chi connectivity index (χ1) is 8.66. The Balaban J connectivity index is -0.0000000250. The van der Waals surface area contributed by atoms with Gasteiger partial charge in [0.25, 0.3) is 0 Å². The van der Waals surface area contributed by atoms with Gasteiger partial charge in [-0.25, -0.2) is 0 Å². The van der Waals surface area contributed by atoms with Crippen molar-refractivity contribution in [3.63, 3.8) is 0 Å². The van der Waals surface area contributed by atoms with Crippen LogP contribution in [0.3, 0.4) is 0 Å². The van der Waals surface area contributed by atoms with Gasteiger partial charge < -0.3 is 82.7 Å². The minimum absolute atomic E-state index is 0. The molecular weight excluding hydrogens is 321 g/mol. The number of nitrogens with one attached hydrogen (secondary N) is 1. The van der Waals surface area contributed by atoms with Crippen molar-refractivity contribution in [1.82, 2.24) is 0 Å². The SMILES string of the molecule is N=C(N)N.O.O.OB(O)O.OB(O)O.OB(O)O.OB(O)O. The van der Waals surface area contributed by atoms with E-state index in [9.17, 15) is 0 Å². The molecule has 0 aliphatic rings. The molecule has 0 aliphatic carbocycles. The summed E-state index contributed by atoms with van der Waals surface area (Å²) < 4.78 is 0. The van der Waals surface area contributed by atoms with E-state index in [4.69, 9.17) is 65.7 Å². The van der Waals surface area contributed by atoms with E-state index in [0.29, 0.717) is 0 Å². The molecule has 17 nitrogen and oxygen atoms in total. The van der Waals surface area contributed by atoms with Gasteiger partial charge in [0.15, 0.2) is 5.96 Å². The first-order valence-electron chi connectivity index (χ1n) is 3.93. The second kappa shape index (κ2) is 36.8. The molecule has 136 valence electrons. The fraction of sp³-hybridized carbons (Fsp3) is 0. The van der Waals surface area contributed by atoms with E-state index in [1.807, 2.05) is 0 Å². The van der Waals surface area contributed by atoms with Gasteiger partial charge in [-0.1, -0.05) is 0 Å². The molecule has 21 N–H and O–H groups in total. The summed E-state index contributed by atoms with van der Waals surface area (Å²) in [7, 11) is -8.67. The van der Waals surface area contributed by atoms with Gasteiger partial charge in [0.1, 0.15) is 0 Å². The number of hydrogen-bond acceptors (Lipinski definition) is 13. The van der Waals surface area contributed by atoms with Crippen LogP contribution < -0.4 is 11.5 Å². The molecule has 0 atom stereocenters. The Morgan fingerprint density at radius 3 is 0.500 bits per heavy atom. The molecule has 0 saturated heterocycles. The summed E-state index contributed by atoms with van der Waals surface area (Å²) in [6.45, 7) is 0. The molecule has 21 heteroatoms.